The van der Waals surface area contributed by atoms with Crippen LogP contribution in [0.3, 0.4) is 0 Å². The van der Waals surface area contributed by atoms with Crippen molar-refractivity contribution in [3.8, 4) is 5.75 Å². The first-order chi connectivity index (χ1) is 13.5. The van der Waals surface area contributed by atoms with Crippen LogP contribution in [0, 0.1) is 0 Å². The van der Waals surface area contributed by atoms with E-state index in [-0.39, 0.29) is 29.5 Å². The van der Waals surface area contributed by atoms with Crippen molar-refractivity contribution in [3.63, 3.8) is 0 Å². The van der Waals surface area contributed by atoms with Gasteiger partial charge < -0.3 is 19.8 Å². The number of benzene rings is 1. The topological polar surface area (TPSA) is 80.6 Å². The largest absolute Gasteiger partial charge is 0.497 e. The Labute approximate surface area is 165 Å². The minimum Gasteiger partial charge on any atom is -0.497 e. The third kappa shape index (κ3) is 4.38. The molecule has 6 heteroatoms. The van der Waals surface area contributed by atoms with Crippen molar-refractivity contribution in [1.29, 1.82) is 0 Å². The zero-order valence-electron chi connectivity index (χ0n) is 16.7. The highest BCUT2D eigenvalue weighted by Crippen LogP contribution is 2.31. The Morgan fingerprint density at radius 3 is 2.39 bits per heavy atom. The lowest BCUT2D eigenvalue weighted by molar-refractivity contribution is 0.0918. The van der Waals surface area contributed by atoms with Gasteiger partial charge in [-0.2, -0.15) is 0 Å². The Balaban J connectivity index is 1.89. The van der Waals surface area contributed by atoms with E-state index in [1.807, 2.05) is 31.2 Å². The molecule has 0 radical (unpaired) electrons. The molecule has 3 rings (SSSR count). The molecule has 1 aliphatic carbocycles. The van der Waals surface area contributed by atoms with Gasteiger partial charge in [-0.25, -0.2) is 0 Å². The molecule has 6 nitrogen and oxygen atoms in total. The summed E-state index contributed by atoms with van der Waals surface area (Å²) in [6.07, 6.45) is 5.48. The number of nitrogens with one attached hydrogen (secondary N) is 2. The molecule has 1 aromatic carbocycles. The molecule has 1 unspecified atom stereocenters. The maximum atomic E-state index is 13.0. The van der Waals surface area contributed by atoms with Gasteiger partial charge in [0.25, 0.3) is 11.8 Å². The van der Waals surface area contributed by atoms with E-state index in [1.54, 1.807) is 20.2 Å². The van der Waals surface area contributed by atoms with E-state index in [0.717, 1.165) is 37.0 Å². The van der Waals surface area contributed by atoms with Crippen molar-refractivity contribution in [2.45, 2.75) is 51.0 Å². The van der Waals surface area contributed by atoms with Crippen LogP contribution in [0.15, 0.2) is 34.7 Å². The molecule has 1 heterocycles. The average molecular weight is 384 g/mol. The predicted octanol–water partition coefficient (Wildman–Crippen LogP) is 3.86. The zero-order valence-corrected chi connectivity index (χ0v) is 16.7. The van der Waals surface area contributed by atoms with Gasteiger partial charge in [-0.1, -0.05) is 38.3 Å². The number of furan rings is 1. The number of hydrogen-bond acceptors (Lipinski definition) is 4. The summed E-state index contributed by atoms with van der Waals surface area (Å²) in [6, 6.07) is 9.35. The molecule has 0 saturated heterocycles. The Bertz CT molecular complexity index is 820. The highest BCUT2D eigenvalue weighted by molar-refractivity contribution is 5.99. The standard InChI is InChI=1S/C22H28N2O4/c1-14(15-9-11-17(27-3)12-10-15)20-18(13-19(28-20)22(26)23-2)21(25)24-16-7-5-4-6-8-16/h9-14,16H,4-8H2,1-3H3,(H,23,26)(H,24,25). The van der Waals surface area contributed by atoms with Gasteiger partial charge in [0.1, 0.15) is 11.5 Å². The van der Waals surface area contributed by atoms with Gasteiger partial charge in [0, 0.05) is 25.1 Å². The second-order valence-electron chi connectivity index (χ2n) is 7.27. The number of amides is 2. The van der Waals surface area contributed by atoms with Crippen molar-refractivity contribution < 1.29 is 18.7 Å². The fraction of sp³-hybridized carbons (Fsp3) is 0.455. The van der Waals surface area contributed by atoms with Gasteiger partial charge in [-0.15, -0.1) is 0 Å². The molecule has 0 aliphatic heterocycles. The average Bonchev–Trinajstić information content (AvgIpc) is 3.19. The monoisotopic (exact) mass is 384 g/mol. The molecule has 2 N–H and O–H groups in total. The Morgan fingerprint density at radius 2 is 1.79 bits per heavy atom. The van der Waals surface area contributed by atoms with Crippen LogP contribution < -0.4 is 15.4 Å². The molecule has 1 atom stereocenters. The maximum absolute atomic E-state index is 13.0. The van der Waals surface area contributed by atoms with E-state index in [4.69, 9.17) is 9.15 Å². The summed E-state index contributed by atoms with van der Waals surface area (Å²) in [6.45, 7) is 1.96. The first-order valence-electron chi connectivity index (χ1n) is 9.84. The lowest BCUT2D eigenvalue weighted by Crippen LogP contribution is -2.36. The SMILES string of the molecule is CNC(=O)c1cc(C(=O)NC2CCCCC2)c(C(C)c2ccc(OC)cc2)o1. The summed E-state index contributed by atoms with van der Waals surface area (Å²) in [5, 5.41) is 5.67. The summed E-state index contributed by atoms with van der Waals surface area (Å²) >= 11 is 0. The van der Waals surface area contributed by atoms with Crippen molar-refractivity contribution in [3.05, 3.63) is 53.0 Å². The van der Waals surface area contributed by atoms with E-state index >= 15 is 0 Å². The van der Waals surface area contributed by atoms with Gasteiger partial charge >= 0.3 is 0 Å². The summed E-state index contributed by atoms with van der Waals surface area (Å²) < 4.78 is 11.1. The van der Waals surface area contributed by atoms with Crippen LogP contribution in [-0.2, 0) is 0 Å². The van der Waals surface area contributed by atoms with E-state index < -0.39 is 0 Å². The predicted molar refractivity (Wildman–Crippen MR) is 107 cm³/mol. The fourth-order valence-corrected chi connectivity index (χ4v) is 3.69. The number of carbonyl (C=O) groups excluding carboxylic acids is 2. The van der Waals surface area contributed by atoms with Crippen LogP contribution in [0.1, 0.15) is 77.2 Å². The molecular formula is C22H28N2O4. The van der Waals surface area contributed by atoms with Gasteiger partial charge in [0.05, 0.1) is 12.7 Å². The lowest BCUT2D eigenvalue weighted by atomic mass is 9.94. The van der Waals surface area contributed by atoms with Crippen molar-refractivity contribution in [2.75, 3.05) is 14.2 Å². The summed E-state index contributed by atoms with van der Waals surface area (Å²) in [7, 11) is 3.16. The summed E-state index contributed by atoms with van der Waals surface area (Å²) in [4.78, 5) is 25.1. The first kappa shape index (κ1) is 20.0. The van der Waals surface area contributed by atoms with Crippen molar-refractivity contribution in [1.82, 2.24) is 10.6 Å². The lowest BCUT2D eigenvalue weighted by Gasteiger charge is -2.23. The van der Waals surface area contributed by atoms with Crippen molar-refractivity contribution >= 4 is 11.8 Å². The Kier molecular flexibility index (Phi) is 6.39. The molecule has 1 saturated carbocycles. The molecule has 1 aliphatic rings. The normalized spacial score (nSPS) is 15.7. The summed E-state index contributed by atoms with van der Waals surface area (Å²) in [5.41, 5.74) is 1.40. The van der Waals surface area contributed by atoms with Crippen molar-refractivity contribution in [2.24, 2.45) is 0 Å². The third-order valence-electron chi connectivity index (χ3n) is 5.41. The number of methoxy groups -OCH3 is 1. The molecule has 150 valence electrons. The minimum absolute atomic E-state index is 0.145. The van der Waals surface area contributed by atoms with Crippen LogP contribution in [0.4, 0.5) is 0 Å². The molecule has 0 spiro atoms. The van der Waals surface area contributed by atoms with Gasteiger partial charge in [-0.3, -0.25) is 9.59 Å². The number of carbonyl (C=O) groups is 2. The quantitative estimate of drug-likeness (QED) is 0.792. The molecule has 0 bridgehead atoms. The number of ether oxygens (including phenoxy) is 1. The number of rotatable bonds is 6. The van der Waals surface area contributed by atoms with E-state index in [1.165, 1.54) is 6.42 Å². The Morgan fingerprint density at radius 1 is 1.11 bits per heavy atom. The van der Waals surface area contributed by atoms with Crippen LogP contribution in [0.25, 0.3) is 0 Å². The molecule has 1 fully saturated rings. The molecular weight excluding hydrogens is 356 g/mol. The van der Waals surface area contributed by atoms with E-state index in [2.05, 4.69) is 10.6 Å². The molecule has 2 aromatic rings. The third-order valence-corrected chi connectivity index (χ3v) is 5.41. The van der Waals surface area contributed by atoms with Crippen LogP contribution >= 0.6 is 0 Å². The minimum atomic E-state index is -0.347. The molecule has 1 aromatic heterocycles. The second kappa shape index (κ2) is 8.95. The zero-order chi connectivity index (χ0) is 20.1. The number of hydrogen-bond donors (Lipinski definition) is 2. The highest BCUT2D eigenvalue weighted by Gasteiger charge is 2.27. The van der Waals surface area contributed by atoms with Gasteiger partial charge in [0.2, 0.25) is 0 Å². The van der Waals surface area contributed by atoms with E-state index in [0.29, 0.717) is 11.3 Å². The second-order valence-corrected chi connectivity index (χ2v) is 7.27. The van der Waals surface area contributed by atoms with Crippen LogP contribution in [0.2, 0.25) is 0 Å². The van der Waals surface area contributed by atoms with Gasteiger partial charge in [-0.05, 0) is 30.5 Å². The maximum Gasteiger partial charge on any atom is 0.286 e. The fourth-order valence-electron chi connectivity index (χ4n) is 3.69. The van der Waals surface area contributed by atoms with Gasteiger partial charge in [0.15, 0.2) is 5.76 Å². The smallest absolute Gasteiger partial charge is 0.286 e. The van der Waals surface area contributed by atoms with Crippen LogP contribution in [-0.4, -0.2) is 32.0 Å². The molecule has 28 heavy (non-hydrogen) atoms. The summed E-state index contributed by atoms with van der Waals surface area (Å²) in [5.74, 6) is 0.693. The van der Waals surface area contributed by atoms with E-state index in [9.17, 15) is 9.59 Å². The Hall–Kier alpha value is -2.76. The highest BCUT2D eigenvalue weighted by atomic mass is 16.5. The molecule has 2 amide bonds. The first-order valence-corrected chi connectivity index (χ1v) is 9.84. The van der Waals surface area contributed by atoms with Crippen LogP contribution in [0.5, 0.6) is 5.75 Å².